The number of methoxy groups -OCH3 is 1. The van der Waals surface area contributed by atoms with Gasteiger partial charge in [-0.25, -0.2) is 23.1 Å². The number of hydrogen-bond donors (Lipinski definition) is 4. The molecule has 0 fully saturated rings. The summed E-state index contributed by atoms with van der Waals surface area (Å²) in [5.41, 5.74) is -0.237. The van der Waals surface area contributed by atoms with Crippen LogP contribution in [-0.2, 0) is 19.6 Å². The Kier molecular flexibility index (Phi) is 7.03. The Balaban J connectivity index is 3.06. The van der Waals surface area contributed by atoms with E-state index in [4.69, 9.17) is 16.7 Å². The number of urea groups is 1. The second kappa shape index (κ2) is 8.37. The van der Waals surface area contributed by atoms with Crippen molar-refractivity contribution in [3.8, 4) is 5.75 Å². The Morgan fingerprint density at radius 2 is 2.00 bits per heavy atom. The molecule has 0 heterocycles. The zero-order chi connectivity index (χ0) is 19.4. The number of hydrogen-bond acceptors (Lipinski definition) is 6. The molecule has 0 saturated heterocycles. The Labute approximate surface area is 150 Å². The van der Waals surface area contributed by atoms with Gasteiger partial charge in [0.25, 0.3) is 0 Å². The summed E-state index contributed by atoms with van der Waals surface area (Å²) < 4.78 is 27.6. The number of aromatic hydroxyl groups is 1. The second-order valence-electron chi connectivity index (χ2n) is 5.30. The molecule has 1 rings (SSSR count). The smallest absolute Gasteiger partial charge is 0.328 e. The molecule has 0 aromatic heterocycles. The van der Waals surface area contributed by atoms with Gasteiger partial charge in [0.05, 0.1) is 17.8 Å². The third-order valence-corrected chi connectivity index (χ3v) is 4.98. The topological polar surface area (TPSA) is 148 Å². The number of sulfonamides is 1. The number of phenolic OH excluding ortho intramolecular Hbond substituents is 1. The summed E-state index contributed by atoms with van der Waals surface area (Å²) in [5, 5.41) is 19.4. The van der Waals surface area contributed by atoms with E-state index in [-0.39, 0.29) is 16.6 Å². The number of nitrogens with one attached hydrogen (secondary N) is 2. The molecule has 0 aliphatic rings. The van der Waals surface area contributed by atoms with Crippen molar-refractivity contribution in [2.75, 3.05) is 12.4 Å². The van der Waals surface area contributed by atoms with E-state index < -0.39 is 38.7 Å². The van der Waals surface area contributed by atoms with Gasteiger partial charge in [0, 0.05) is 0 Å². The van der Waals surface area contributed by atoms with Crippen molar-refractivity contribution in [3.63, 3.8) is 0 Å². The first-order chi connectivity index (χ1) is 11.5. The summed E-state index contributed by atoms with van der Waals surface area (Å²) in [6, 6.07) is 0.599. The van der Waals surface area contributed by atoms with Crippen LogP contribution in [0.2, 0.25) is 5.02 Å². The predicted octanol–water partition coefficient (Wildman–Crippen LogP) is 1.40. The maximum Gasteiger partial charge on any atom is 0.328 e. The number of halogens is 1. The number of ether oxygens (including phenoxy) is 1. The number of benzene rings is 1. The molecular formula is C14H20ClN3O6S. The fourth-order valence-electron chi connectivity index (χ4n) is 2.01. The van der Waals surface area contributed by atoms with Crippen LogP contribution in [0.25, 0.3) is 0 Å². The van der Waals surface area contributed by atoms with Gasteiger partial charge in [-0.05, 0) is 18.1 Å². The average molecular weight is 394 g/mol. The molecule has 0 aliphatic carbocycles. The molecule has 11 heteroatoms. The zero-order valence-corrected chi connectivity index (χ0v) is 15.4. The summed E-state index contributed by atoms with van der Waals surface area (Å²) in [7, 11) is -3.11. The van der Waals surface area contributed by atoms with E-state index in [0.29, 0.717) is 6.42 Å². The fraction of sp³-hybridized carbons (Fsp3) is 0.429. The largest absolute Gasteiger partial charge is 0.504 e. The monoisotopic (exact) mass is 393 g/mol. The molecule has 0 bridgehead atoms. The third-order valence-electron chi connectivity index (χ3n) is 3.57. The molecule has 140 valence electrons. The van der Waals surface area contributed by atoms with Crippen LogP contribution in [0.3, 0.4) is 0 Å². The Bertz CT molecular complexity index is 768. The molecule has 0 spiro atoms. The normalized spacial score (nSPS) is 13.6. The zero-order valence-electron chi connectivity index (χ0n) is 13.9. The lowest BCUT2D eigenvalue weighted by Crippen LogP contribution is -2.47. The fourth-order valence-corrected chi connectivity index (χ4v) is 3.21. The van der Waals surface area contributed by atoms with Crippen LogP contribution in [0, 0.1) is 5.92 Å². The molecule has 25 heavy (non-hydrogen) atoms. The van der Waals surface area contributed by atoms with Crippen molar-refractivity contribution < 1.29 is 27.9 Å². The van der Waals surface area contributed by atoms with Gasteiger partial charge < -0.3 is 20.5 Å². The highest BCUT2D eigenvalue weighted by atomic mass is 35.5. The quantitative estimate of drug-likeness (QED) is 0.424. The number of amides is 2. The van der Waals surface area contributed by atoms with Crippen LogP contribution in [0.15, 0.2) is 17.0 Å². The van der Waals surface area contributed by atoms with Crippen molar-refractivity contribution in [3.05, 3.63) is 17.2 Å². The van der Waals surface area contributed by atoms with Crippen LogP contribution in [0.1, 0.15) is 20.3 Å². The van der Waals surface area contributed by atoms with E-state index in [0.717, 1.165) is 6.07 Å². The lowest BCUT2D eigenvalue weighted by atomic mass is 9.99. The van der Waals surface area contributed by atoms with Gasteiger partial charge in [0.2, 0.25) is 10.0 Å². The van der Waals surface area contributed by atoms with E-state index in [1.807, 2.05) is 6.92 Å². The second-order valence-corrected chi connectivity index (χ2v) is 7.21. The van der Waals surface area contributed by atoms with Crippen LogP contribution in [0.5, 0.6) is 5.75 Å². The van der Waals surface area contributed by atoms with E-state index in [2.05, 4.69) is 15.4 Å². The molecule has 2 atom stereocenters. The van der Waals surface area contributed by atoms with Gasteiger partial charge in [-0.1, -0.05) is 31.9 Å². The van der Waals surface area contributed by atoms with Gasteiger partial charge in [-0.15, -0.1) is 0 Å². The van der Waals surface area contributed by atoms with Crippen molar-refractivity contribution in [1.82, 2.24) is 5.32 Å². The highest BCUT2D eigenvalue weighted by Gasteiger charge is 2.28. The Morgan fingerprint density at radius 3 is 2.48 bits per heavy atom. The van der Waals surface area contributed by atoms with E-state index in [9.17, 15) is 23.1 Å². The maximum atomic E-state index is 12.1. The van der Waals surface area contributed by atoms with Gasteiger partial charge in [-0.3, -0.25) is 0 Å². The van der Waals surface area contributed by atoms with Crippen LogP contribution in [-0.4, -0.2) is 38.7 Å². The van der Waals surface area contributed by atoms with Crippen molar-refractivity contribution >= 4 is 39.3 Å². The molecule has 1 unspecified atom stereocenters. The molecule has 0 saturated carbocycles. The van der Waals surface area contributed by atoms with Gasteiger partial charge in [-0.2, -0.15) is 0 Å². The first-order valence-electron chi connectivity index (χ1n) is 7.22. The minimum Gasteiger partial charge on any atom is -0.504 e. The number of phenols is 1. The molecule has 0 radical (unpaired) electrons. The molecule has 1 aromatic rings. The number of esters is 1. The van der Waals surface area contributed by atoms with E-state index in [1.165, 1.54) is 13.2 Å². The third kappa shape index (κ3) is 5.21. The SMILES string of the molecule is CCC(C)[C@H](NC(=O)Nc1ccc(Cl)c(S(N)(=O)=O)c1O)C(=O)OC. The lowest BCUT2D eigenvalue weighted by Gasteiger charge is -2.22. The van der Waals surface area contributed by atoms with E-state index in [1.54, 1.807) is 6.92 Å². The molecule has 0 aliphatic heterocycles. The summed E-state index contributed by atoms with van der Waals surface area (Å²) in [6.07, 6.45) is 0.599. The number of carbonyl (C=O) groups excluding carboxylic acids is 2. The molecule has 2 amide bonds. The van der Waals surface area contributed by atoms with Crippen molar-refractivity contribution in [2.45, 2.75) is 31.2 Å². The number of nitrogens with two attached hydrogens (primary N) is 1. The minimum absolute atomic E-state index is 0.211. The molecule has 9 nitrogen and oxygen atoms in total. The molecule has 1 aromatic carbocycles. The van der Waals surface area contributed by atoms with Crippen LogP contribution >= 0.6 is 11.6 Å². The van der Waals surface area contributed by atoms with Gasteiger partial charge in [0.1, 0.15) is 10.9 Å². The molecular weight excluding hydrogens is 374 g/mol. The summed E-state index contributed by atoms with van der Waals surface area (Å²) in [6.45, 7) is 3.59. The molecule has 5 N–H and O–H groups in total. The highest BCUT2D eigenvalue weighted by Crippen LogP contribution is 2.36. The average Bonchev–Trinajstić information content (AvgIpc) is 2.52. The number of carbonyl (C=O) groups is 2. The Morgan fingerprint density at radius 1 is 1.40 bits per heavy atom. The van der Waals surface area contributed by atoms with Crippen LogP contribution in [0.4, 0.5) is 10.5 Å². The van der Waals surface area contributed by atoms with Crippen LogP contribution < -0.4 is 15.8 Å². The standard InChI is InChI=1S/C14H20ClN3O6S/c1-4-7(2)10(13(20)24-3)18-14(21)17-9-6-5-8(15)12(11(9)19)25(16,22)23/h5-7,10,19H,4H2,1-3H3,(H2,16,22,23)(H2,17,18,21)/t7?,10-/m0/s1. The first-order valence-corrected chi connectivity index (χ1v) is 9.14. The van der Waals surface area contributed by atoms with Crippen molar-refractivity contribution in [1.29, 1.82) is 0 Å². The lowest BCUT2D eigenvalue weighted by molar-refractivity contribution is -0.144. The summed E-state index contributed by atoms with van der Waals surface area (Å²) in [5.74, 6) is -1.64. The maximum absolute atomic E-state index is 12.1. The first kappa shape index (κ1) is 21.0. The van der Waals surface area contributed by atoms with Gasteiger partial charge >= 0.3 is 12.0 Å². The minimum atomic E-state index is -4.31. The number of primary sulfonamides is 1. The predicted molar refractivity (Wildman–Crippen MR) is 91.9 cm³/mol. The number of anilines is 1. The highest BCUT2D eigenvalue weighted by molar-refractivity contribution is 7.89. The Hall–Kier alpha value is -2.04. The van der Waals surface area contributed by atoms with Gasteiger partial charge in [0.15, 0.2) is 5.75 Å². The van der Waals surface area contributed by atoms with Crippen molar-refractivity contribution in [2.24, 2.45) is 11.1 Å². The summed E-state index contributed by atoms with van der Waals surface area (Å²) in [4.78, 5) is 23.2. The van der Waals surface area contributed by atoms with E-state index >= 15 is 0 Å². The summed E-state index contributed by atoms with van der Waals surface area (Å²) >= 11 is 5.72. The number of rotatable bonds is 6.